The van der Waals surface area contributed by atoms with Crippen LogP contribution in [0.2, 0.25) is 0 Å². The van der Waals surface area contributed by atoms with Crippen LogP contribution in [0.4, 0.5) is 0 Å². The zero-order valence-corrected chi connectivity index (χ0v) is 14.2. The van der Waals surface area contributed by atoms with Crippen LogP contribution in [0, 0.1) is 10.1 Å². The first-order chi connectivity index (χ1) is 12.0. The molecule has 1 aromatic rings. The molecule has 9 heteroatoms. The van der Waals surface area contributed by atoms with Crippen LogP contribution in [0.5, 0.6) is 17.2 Å². The molecule has 25 heavy (non-hydrogen) atoms. The summed E-state index contributed by atoms with van der Waals surface area (Å²) >= 11 is 0. The van der Waals surface area contributed by atoms with Crippen molar-refractivity contribution in [2.75, 3.05) is 34.5 Å². The van der Waals surface area contributed by atoms with Crippen LogP contribution in [-0.4, -0.2) is 45.5 Å². The van der Waals surface area contributed by atoms with Gasteiger partial charge in [0.2, 0.25) is 11.7 Å². The molecule has 0 aliphatic carbocycles. The summed E-state index contributed by atoms with van der Waals surface area (Å²) in [5.41, 5.74) is 0.791. The van der Waals surface area contributed by atoms with Crippen molar-refractivity contribution in [3.8, 4) is 17.2 Å². The topological polar surface area (TPSA) is 109 Å². The first-order valence-corrected chi connectivity index (χ1v) is 7.21. The molecule has 0 unspecified atom stereocenters. The maximum Gasteiger partial charge on any atom is 0.294 e. The van der Waals surface area contributed by atoms with Crippen LogP contribution >= 0.6 is 0 Å². The molecule has 1 rings (SSSR count). The summed E-state index contributed by atoms with van der Waals surface area (Å²) < 4.78 is 15.7. The lowest BCUT2D eigenvalue weighted by molar-refractivity contribution is -0.757. The lowest BCUT2D eigenvalue weighted by Gasteiger charge is -2.12. The Morgan fingerprint density at radius 3 is 2.32 bits per heavy atom. The minimum atomic E-state index is -0.915. The minimum absolute atomic E-state index is 0.0424. The second-order valence-electron chi connectivity index (χ2n) is 4.52. The predicted molar refractivity (Wildman–Crippen MR) is 90.2 cm³/mol. The van der Waals surface area contributed by atoms with Gasteiger partial charge in [0.25, 0.3) is 5.09 Å². The number of methoxy groups -OCH3 is 3. The van der Waals surface area contributed by atoms with Crippen LogP contribution < -0.4 is 19.5 Å². The van der Waals surface area contributed by atoms with Crippen LogP contribution in [0.15, 0.2) is 30.4 Å². The summed E-state index contributed by atoms with van der Waals surface area (Å²) in [6.45, 7) is -0.158. The third kappa shape index (κ3) is 6.81. The quantitative estimate of drug-likeness (QED) is 0.224. The van der Waals surface area contributed by atoms with Gasteiger partial charge in [-0.25, -0.2) is 0 Å². The van der Waals surface area contributed by atoms with E-state index in [1.807, 2.05) is 0 Å². The maximum atomic E-state index is 11.5. The van der Waals surface area contributed by atoms with Crippen molar-refractivity contribution in [1.82, 2.24) is 5.32 Å². The number of benzene rings is 1. The number of carbonyl (C=O) groups excluding carboxylic acids is 1. The van der Waals surface area contributed by atoms with Gasteiger partial charge in [0.05, 0.1) is 21.3 Å². The number of carbonyl (C=O) groups is 1. The molecular formula is C16H20N2O7. The summed E-state index contributed by atoms with van der Waals surface area (Å²) in [6.07, 6.45) is 6.24. The van der Waals surface area contributed by atoms with Gasteiger partial charge in [-0.15, -0.1) is 10.1 Å². The standard InChI is InChI=1S/C16H20N2O7/c1-22-13-10-12(11-14(23-2)16(13)24-3)6-4-5-7-15(19)17-8-9-25-18(20)21/h4-7,10-11H,8-9H2,1-3H3,(H,17,19). The molecule has 0 atom stereocenters. The van der Waals surface area contributed by atoms with E-state index in [0.717, 1.165) is 5.56 Å². The molecule has 0 bridgehead atoms. The van der Waals surface area contributed by atoms with Gasteiger partial charge in [-0.05, 0) is 17.7 Å². The van der Waals surface area contributed by atoms with E-state index in [0.29, 0.717) is 17.2 Å². The number of hydrogen-bond acceptors (Lipinski definition) is 7. The molecule has 0 aliphatic rings. The molecule has 9 nitrogen and oxygen atoms in total. The minimum Gasteiger partial charge on any atom is -0.493 e. The molecule has 0 radical (unpaired) electrons. The van der Waals surface area contributed by atoms with Gasteiger partial charge in [0.1, 0.15) is 6.61 Å². The Morgan fingerprint density at radius 2 is 1.80 bits per heavy atom. The number of rotatable bonds is 10. The molecule has 0 aromatic heterocycles. The first-order valence-electron chi connectivity index (χ1n) is 7.21. The van der Waals surface area contributed by atoms with E-state index < -0.39 is 5.09 Å². The fraction of sp³-hybridized carbons (Fsp3) is 0.312. The van der Waals surface area contributed by atoms with Crippen molar-refractivity contribution in [1.29, 1.82) is 0 Å². The van der Waals surface area contributed by atoms with E-state index in [-0.39, 0.29) is 19.1 Å². The van der Waals surface area contributed by atoms with E-state index in [9.17, 15) is 14.9 Å². The third-order valence-corrected chi connectivity index (χ3v) is 2.93. The second kappa shape index (κ2) is 10.5. The van der Waals surface area contributed by atoms with Crippen molar-refractivity contribution < 1.29 is 28.9 Å². The molecule has 0 aliphatic heterocycles. The van der Waals surface area contributed by atoms with Crippen molar-refractivity contribution in [2.24, 2.45) is 0 Å². The van der Waals surface area contributed by atoms with E-state index in [1.165, 1.54) is 33.5 Å². The maximum absolute atomic E-state index is 11.5. The number of nitrogens with one attached hydrogen (secondary N) is 1. The number of ether oxygens (including phenoxy) is 3. The highest BCUT2D eigenvalue weighted by Gasteiger charge is 2.11. The fourth-order valence-corrected chi connectivity index (χ4v) is 1.86. The number of allylic oxidation sites excluding steroid dienone is 2. The monoisotopic (exact) mass is 352 g/mol. The highest BCUT2D eigenvalue weighted by Crippen LogP contribution is 2.38. The van der Waals surface area contributed by atoms with Gasteiger partial charge in [0, 0.05) is 12.6 Å². The largest absolute Gasteiger partial charge is 0.493 e. The molecule has 136 valence electrons. The van der Waals surface area contributed by atoms with Gasteiger partial charge in [-0.2, -0.15) is 0 Å². The Hall–Kier alpha value is -3.23. The molecule has 0 heterocycles. The SMILES string of the molecule is COc1cc(C=CC=CC(=O)NCCO[N+](=O)[O-])cc(OC)c1OC. The van der Waals surface area contributed by atoms with Gasteiger partial charge in [0.15, 0.2) is 11.5 Å². The van der Waals surface area contributed by atoms with Crippen LogP contribution in [0.25, 0.3) is 6.08 Å². The Balaban J connectivity index is 2.63. The van der Waals surface area contributed by atoms with Crippen LogP contribution in [-0.2, 0) is 9.63 Å². The Morgan fingerprint density at radius 1 is 1.16 bits per heavy atom. The molecule has 1 aromatic carbocycles. The highest BCUT2D eigenvalue weighted by atomic mass is 16.9. The number of nitrogens with zero attached hydrogens (tertiary/aromatic N) is 1. The lowest BCUT2D eigenvalue weighted by Crippen LogP contribution is -2.26. The normalized spacial score (nSPS) is 10.7. The van der Waals surface area contributed by atoms with E-state index in [4.69, 9.17) is 14.2 Å². The predicted octanol–water partition coefficient (Wildman–Crippen LogP) is 1.61. The highest BCUT2D eigenvalue weighted by molar-refractivity contribution is 5.87. The van der Waals surface area contributed by atoms with Crippen molar-refractivity contribution >= 4 is 12.0 Å². The average Bonchev–Trinajstić information content (AvgIpc) is 2.61. The summed E-state index contributed by atoms with van der Waals surface area (Å²) in [7, 11) is 4.57. The Labute approximate surface area is 144 Å². The van der Waals surface area contributed by atoms with E-state index in [2.05, 4.69) is 10.2 Å². The van der Waals surface area contributed by atoms with E-state index in [1.54, 1.807) is 24.3 Å². The van der Waals surface area contributed by atoms with E-state index >= 15 is 0 Å². The summed E-state index contributed by atoms with van der Waals surface area (Å²) in [6, 6.07) is 3.53. The molecule has 1 amide bonds. The first kappa shape index (κ1) is 19.8. The summed E-state index contributed by atoms with van der Waals surface area (Å²) in [4.78, 5) is 25.5. The zero-order valence-electron chi connectivity index (χ0n) is 14.2. The summed E-state index contributed by atoms with van der Waals surface area (Å²) in [5.74, 6) is 1.15. The van der Waals surface area contributed by atoms with Crippen LogP contribution in [0.1, 0.15) is 5.56 Å². The van der Waals surface area contributed by atoms with Gasteiger partial charge < -0.3 is 24.4 Å². The zero-order chi connectivity index (χ0) is 18.7. The third-order valence-electron chi connectivity index (χ3n) is 2.93. The van der Waals surface area contributed by atoms with Crippen LogP contribution in [0.3, 0.4) is 0 Å². The Kier molecular flexibility index (Phi) is 8.34. The van der Waals surface area contributed by atoms with Crippen molar-refractivity contribution in [2.45, 2.75) is 0 Å². The number of hydrogen-bond donors (Lipinski definition) is 1. The smallest absolute Gasteiger partial charge is 0.294 e. The molecule has 0 fully saturated rings. The summed E-state index contributed by atoms with van der Waals surface area (Å²) in [5, 5.41) is 11.5. The molecule has 0 saturated heterocycles. The lowest BCUT2D eigenvalue weighted by atomic mass is 10.1. The van der Waals surface area contributed by atoms with Crippen molar-refractivity contribution in [3.05, 3.63) is 46.0 Å². The Bertz CT molecular complexity index is 631. The molecule has 0 saturated carbocycles. The molecule has 1 N–H and O–H groups in total. The molecule has 0 spiro atoms. The van der Waals surface area contributed by atoms with Gasteiger partial charge in [-0.1, -0.05) is 18.2 Å². The molecular weight excluding hydrogens is 332 g/mol. The van der Waals surface area contributed by atoms with Crippen molar-refractivity contribution in [3.63, 3.8) is 0 Å². The van der Waals surface area contributed by atoms with Gasteiger partial charge in [-0.3, -0.25) is 4.79 Å². The fourth-order valence-electron chi connectivity index (χ4n) is 1.86. The number of amides is 1. The average molecular weight is 352 g/mol. The second-order valence-corrected chi connectivity index (χ2v) is 4.52. The van der Waals surface area contributed by atoms with Gasteiger partial charge >= 0.3 is 0 Å².